The van der Waals surface area contributed by atoms with E-state index in [1.54, 1.807) is 42.5 Å². The Hall–Kier alpha value is -2.91. The largest absolute Gasteiger partial charge is 0.494 e. The van der Waals surface area contributed by atoms with Crippen molar-refractivity contribution < 1.29 is 22.7 Å². The van der Waals surface area contributed by atoms with Gasteiger partial charge in [0.15, 0.2) is 0 Å². The molecule has 1 aliphatic heterocycles. The first-order chi connectivity index (χ1) is 15.2. The second-order valence-electron chi connectivity index (χ2n) is 7.87. The molecular formula is C23H29N3O5S. The molecule has 2 aromatic carbocycles. The lowest BCUT2D eigenvalue weighted by Gasteiger charge is -2.30. The first-order valence-electron chi connectivity index (χ1n) is 10.6. The Bertz CT molecular complexity index is 1080. The average Bonchev–Trinajstić information content (AvgIpc) is 2.76. The topological polar surface area (TPSA) is 119 Å². The Morgan fingerprint density at radius 1 is 1.12 bits per heavy atom. The third-order valence-corrected chi connectivity index (χ3v) is 7.40. The Morgan fingerprint density at radius 2 is 1.78 bits per heavy atom. The predicted molar refractivity (Wildman–Crippen MR) is 122 cm³/mol. The van der Waals surface area contributed by atoms with Gasteiger partial charge in [0, 0.05) is 24.7 Å². The van der Waals surface area contributed by atoms with Crippen molar-refractivity contribution in [1.82, 2.24) is 4.31 Å². The van der Waals surface area contributed by atoms with E-state index in [-0.39, 0.29) is 36.2 Å². The number of carbonyl (C=O) groups is 2. The Balaban J connectivity index is 1.58. The van der Waals surface area contributed by atoms with E-state index in [1.165, 1.54) is 4.31 Å². The molecule has 1 saturated heterocycles. The van der Waals surface area contributed by atoms with Crippen LogP contribution in [0.1, 0.15) is 30.9 Å². The summed E-state index contributed by atoms with van der Waals surface area (Å²) in [4.78, 5) is 23.9. The number of aryl methyl sites for hydroxylation is 1. The number of hydrogen-bond acceptors (Lipinski definition) is 5. The molecule has 0 spiro atoms. The van der Waals surface area contributed by atoms with Gasteiger partial charge in [0.1, 0.15) is 5.75 Å². The normalized spacial score (nSPS) is 15.3. The van der Waals surface area contributed by atoms with Gasteiger partial charge in [-0.3, -0.25) is 9.59 Å². The summed E-state index contributed by atoms with van der Waals surface area (Å²) in [5.41, 5.74) is 7.36. The molecular weight excluding hydrogens is 430 g/mol. The molecule has 0 radical (unpaired) electrons. The smallest absolute Gasteiger partial charge is 0.243 e. The zero-order chi connectivity index (χ0) is 23.3. The quantitative estimate of drug-likeness (QED) is 0.629. The Labute approximate surface area is 188 Å². The van der Waals surface area contributed by atoms with E-state index in [4.69, 9.17) is 10.5 Å². The van der Waals surface area contributed by atoms with E-state index in [9.17, 15) is 18.0 Å². The van der Waals surface area contributed by atoms with Gasteiger partial charge in [0.25, 0.3) is 0 Å². The van der Waals surface area contributed by atoms with Gasteiger partial charge in [0.05, 0.1) is 17.9 Å². The van der Waals surface area contributed by atoms with Gasteiger partial charge in [-0.2, -0.15) is 4.31 Å². The van der Waals surface area contributed by atoms with Crippen LogP contribution in [-0.4, -0.2) is 44.2 Å². The van der Waals surface area contributed by atoms with Gasteiger partial charge in [0.2, 0.25) is 21.8 Å². The number of benzene rings is 2. The van der Waals surface area contributed by atoms with Crippen molar-refractivity contribution >= 4 is 27.5 Å². The van der Waals surface area contributed by atoms with E-state index in [2.05, 4.69) is 5.32 Å². The van der Waals surface area contributed by atoms with Crippen LogP contribution in [0.25, 0.3) is 0 Å². The van der Waals surface area contributed by atoms with Crippen molar-refractivity contribution in [2.75, 3.05) is 25.0 Å². The van der Waals surface area contributed by atoms with Crippen LogP contribution < -0.4 is 15.8 Å². The summed E-state index contributed by atoms with van der Waals surface area (Å²) in [6, 6.07) is 11.8. The van der Waals surface area contributed by atoms with Crippen LogP contribution in [-0.2, 0) is 26.0 Å². The lowest BCUT2D eigenvalue weighted by atomic mass is 9.97. The summed E-state index contributed by atoms with van der Waals surface area (Å²) < 4.78 is 33.0. The first kappa shape index (κ1) is 23.7. The second-order valence-corrected chi connectivity index (χ2v) is 9.81. The molecule has 0 aromatic heterocycles. The fraction of sp³-hybridized carbons (Fsp3) is 0.391. The summed E-state index contributed by atoms with van der Waals surface area (Å²) in [6.07, 6.45) is 1.04. The van der Waals surface area contributed by atoms with Crippen molar-refractivity contribution in [3.63, 3.8) is 0 Å². The fourth-order valence-corrected chi connectivity index (χ4v) is 5.31. The number of nitrogens with one attached hydrogen (secondary N) is 1. The molecule has 2 aromatic rings. The molecule has 0 saturated carbocycles. The van der Waals surface area contributed by atoms with Crippen molar-refractivity contribution in [2.45, 2.75) is 38.0 Å². The monoisotopic (exact) mass is 459 g/mol. The number of carbonyl (C=O) groups excluding carboxylic acids is 2. The lowest BCUT2D eigenvalue weighted by molar-refractivity contribution is -0.121. The van der Waals surface area contributed by atoms with Crippen LogP contribution in [0.4, 0.5) is 5.69 Å². The van der Waals surface area contributed by atoms with Gasteiger partial charge in [-0.15, -0.1) is 0 Å². The molecule has 0 unspecified atom stereocenters. The van der Waals surface area contributed by atoms with Crippen LogP contribution in [0.2, 0.25) is 0 Å². The predicted octanol–water partition coefficient (Wildman–Crippen LogP) is 2.46. The number of ether oxygens (including phenoxy) is 1. The van der Waals surface area contributed by atoms with E-state index in [0.717, 1.165) is 11.1 Å². The fourth-order valence-electron chi connectivity index (χ4n) is 3.76. The number of nitrogens with zero attached hydrogens (tertiary/aromatic N) is 1. The Kier molecular flexibility index (Phi) is 7.52. The van der Waals surface area contributed by atoms with Crippen molar-refractivity contribution in [2.24, 2.45) is 11.7 Å². The van der Waals surface area contributed by atoms with Crippen LogP contribution in [0.15, 0.2) is 47.4 Å². The Morgan fingerprint density at radius 3 is 2.34 bits per heavy atom. The number of nitrogens with two attached hydrogens (primary N) is 1. The van der Waals surface area contributed by atoms with Gasteiger partial charge in [-0.1, -0.05) is 12.1 Å². The van der Waals surface area contributed by atoms with Gasteiger partial charge >= 0.3 is 0 Å². The molecule has 8 nitrogen and oxygen atoms in total. The first-order valence-corrected chi connectivity index (χ1v) is 12.1. The van der Waals surface area contributed by atoms with Crippen LogP contribution in [0.3, 0.4) is 0 Å². The highest BCUT2D eigenvalue weighted by Crippen LogP contribution is 2.28. The summed E-state index contributed by atoms with van der Waals surface area (Å²) in [5, 5.41) is 2.87. The SMILES string of the molecule is CCOc1ccc(S(=O)(=O)N2CCC(C(=O)Nc3ccc(CC(N)=O)cc3)CC2)cc1C. The van der Waals surface area contributed by atoms with Crippen molar-refractivity contribution in [3.05, 3.63) is 53.6 Å². The highest BCUT2D eigenvalue weighted by molar-refractivity contribution is 7.89. The minimum Gasteiger partial charge on any atom is -0.494 e. The molecule has 0 bridgehead atoms. The highest BCUT2D eigenvalue weighted by atomic mass is 32.2. The molecule has 0 atom stereocenters. The molecule has 0 aliphatic carbocycles. The van der Waals surface area contributed by atoms with E-state index < -0.39 is 15.9 Å². The molecule has 172 valence electrons. The van der Waals surface area contributed by atoms with Crippen LogP contribution >= 0.6 is 0 Å². The number of amides is 2. The molecule has 2 amide bonds. The number of sulfonamides is 1. The maximum Gasteiger partial charge on any atom is 0.243 e. The summed E-state index contributed by atoms with van der Waals surface area (Å²) in [5.74, 6) is -0.149. The summed E-state index contributed by atoms with van der Waals surface area (Å²) in [6.45, 7) is 4.78. The van der Waals surface area contributed by atoms with E-state index >= 15 is 0 Å². The molecule has 3 N–H and O–H groups in total. The van der Waals surface area contributed by atoms with Gasteiger partial charge < -0.3 is 15.8 Å². The number of primary amides is 1. The van der Waals surface area contributed by atoms with Crippen LogP contribution in [0.5, 0.6) is 5.75 Å². The third kappa shape index (κ3) is 5.66. The van der Waals surface area contributed by atoms with Gasteiger partial charge in [-0.05, 0) is 68.1 Å². The molecule has 1 heterocycles. The van der Waals surface area contributed by atoms with E-state index in [0.29, 0.717) is 30.9 Å². The van der Waals surface area contributed by atoms with Crippen molar-refractivity contribution in [1.29, 1.82) is 0 Å². The minimum atomic E-state index is -3.63. The zero-order valence-corrected chi connectivity index (χ0v) is 19.2. The molecule has 1 fully saturated rings. The lowest BCUT2D eigenvalue weighted by Crippen LogP contribution is -2.41. The number of hydrogen-bond donors (Lipinski definition) is 2. The average molecular weight is 460 g/mol. The maximum atomic E-state index is 13.0. The molecule has 3 rings (SSSR count). The standard InChI is InChI=1S/C23H29N3O5S/c1-3-31-21-9-8-20(14-16(21)2)32(29,30)26-12-10-18(11-13-26)23(28)25-19-6-4-17(5-7-19)15-22(24)27/h4-9,14,18H,3,10-13,15H2,1-2H3,(H2,24,27)(H,25,28). The summed E-state index contributed by atoms with van der Waals surface area (Å²) >= 11 is 0. The van der Waals surface area contributed by atoms with E-state index in [1.807, 2.05) is 13.8 Å². The molecule has 32 heavy (non-hydrogen) atoms. The zero-order valence-electron chi connectivity index (χ0n) is 18.3. The number of rotatable bonds is 8. The maximum absolute atomic E-state index is 13.0. The highest BCUT2D eigenvalue weighted by Gasteiger charge is 2.32. The molecule has 1 aliphatic rings. The second kappa shape index (κ2) is 10.1. The number of piperidine rings is 1. The minimum absolute atomic E-state index is 0.137. The number of anilines is 1. The third-order valence-electron chi connectivity index (χ3n) is 5.51. The summed E-state index contributed by atoms with van der Waals surface area (Å²) in [7, 11) is -3.63. The molecule has 9 heteroatoms. The van der Waals surface area contributed by atoms with Crippen molar-refractivity contribution in [3.8, 4) is 5.75 Å². The van der Waals surface area contributed by atoms with Gasteiger partial charge in [-0.25, -0.2) is 8.42 Å². The van der Waals surface area contributed by atoms with Crippen LogP contribution in [0, 0.1) is 12.8 Å².